The second-order valence-electron chi connectivity index (χ2n) is 2.75. The number of hydrogen-bond acceptors (Lipinski definition) is 4. The van der Waals surface area contributed by atoms with Gasteiger partial charge in [-0.1, -0.05) is 18.2 Å². The predicted octanol–water partition coefficient (Wildman–Crippen LogP) is 1.96. The van der Waals surface area contributed by atoms with Gasteiger partial charge in [0.25, 0.3) is 0 Å². The highest BCUT2D eigenvalue weighted by Crippen LogP contribution is 2.10. The number of carbonyl (C=O) groups excluding carboxylic acids is 1. The van der Waals surface area contributed by atoms with E-state index in [4.69, 9.17) is 0 Å². The summed E-state index contributed by atoms with van der Waals surface area (Å²) in [6, 6.07) is 8.85. The van der Waals surface area contributed by atoms with Gasteiger partial charge in [0, 0.05) is 12.3 Å². The van der Waals surface area contributed by atoms with Gasteiger partial charge in [-0.3, -0.25) is 5.21 Å². The van der Waals surface area contributed by atoms with Gasteiger partial charge in [-0.2, -0.15) is 0 Å². The topological polar surface area (TPSA) is 49.8 Å². The zero-order valence-electron chi connectivity index (χ0n) is 8.46. The van der Waals surface area contributed by atoms with E-state index < -0.39 is 5.97 Å². The molecule has 4 heteroatoms. The van der Waals surface area contributed by atoms with Gasteiger partial charge < -0.3 is 4.74 Å². The fourth-order valence-electron chi connectivity index (χ4n) is 0.989. The third-order valence-corrected chi connectivity index (χ3v) is 1.66. The van der Waals surface area contributed by atoms with Gasteiger partial charge in [0.15, 0.2) is 0 Å². The first-order chi connectivity index (χ1) is 7.24. The van der Waals surface area contributed by atoms with E-state index in [1.54, 1.807) is 31.2 Å². The molecular weight excluding hydrogens is 194 g/mol. The lowest BCUT2D eigenvalue weighted by molar-refractivity contribution is -0.137. The van der Waals surface area contributed by atoms with E-state index in [0.29, 0.717) is 12.3 Å². The average Bonchev–Trinajstić information content (AvgIpc) is 2.27. The van der Waals surface area contributed by atoms with E-state index >= 15 is 0 Å². The van der Waals surface area contributed by atoms with E-state index in [9.17, 15) is 10.0 Å². The third-order valence-electron chi connectivity index (χ3n) is 1.66. The summed E-state index contributed by atoms with van der Waals surface area (Å²) in [7, 11) is 0. The molecule has 0 fully saturated rings. The zero-order valence-corrected chi connectivity index (χ0v) is 8.46. The minimum atomic E-state index is -0.479. The van der Waals surface area contributed by atoms with Gasteiger partial charge >= 0.3 is 5.97 Å². The van der Waals surface area contributed by atoms with Crippen LogP contribution in [0.5, 0.6) is 0 Å². The number of anilines is 1. The largest absolute Gasteiger partial charge is 0.463 e. The molecular formula is C11H13NO3. The van der Waals surface area contributed by atoms with Crippen LogP contribution in [0.4, 0.5) is 5.69 Å². The molecule has 1 aromatic carbocycles. The molecule has 0 heterocycles. The molecule has 0 radical (unpaired) electrons. The molecule has 0 aliphatic carbocycles. The van der Waals surface area contributed by atoms with Crippen LogP contribution in [-0.4, -0.2) is 17.8 Å². The molecule has 1 rings (SSSR count). The second-order valence-corrected chi connectivity index (χ2v) is 2.75. The first-order valence-corrected chi connectivity index (χ1v) is 4.62. The molecule has 0 aliphatic heterocycles. The van der Waals surface area contributed by atoms with Crippen LogP contribution in [0.3, 0.4) is 0 Å². The average molecular weight is 207 g/mol. The van der Waals surface area contributed by atoms with Gasteiger partial charge in [0.1, 0.15) is 0 Å². The van der Waals surface area contributed by atoms with Crippen molar-refractivity contribution in [2.45, 2.75) is 6.92 Å². The molecule has 15 heavy (non-hydrogen) atoms. The van der Waals surface area contributed by atoms with E-state index in [1.165, 1.54) is 6.20 Å². The Labute approximate surface area is 88.3 Å². The molecule has 0 saturated carbocycles. The highest BCUT2D eigenvalue weighted by molar-refractivity contribution is 5.82. The number of hydrogen-bond donors (Lipinski definition) is 1. The third kappa shape index (κ3) is 3.83. The maximum absolute atomic E-state index is 10.9. The molecule has 1 aromatic rings. The normalized spacial score (nSPS) is 10.3. The van der Waals surface area contributed by atoms with Crippen molar-refractivity contribution in [2.75, 3.05) is 11.7 Å². The van der Waals surface area contributed by atoms with Crippen molar-refractivity contribution in [1.29, 1.82) is 0 Å². The summed E-state index contributed by atoms with van der Waals surface area (Å²) in [5.74, 6) is -0.479. The quantitative estimate of drug-likeness (QED) is 0.466. The van der Waals surface area contributed by atoms with Crippen molar-refractivity contribution in [3.8, 4) is 0 Å². The van der Waals surface area contributed by atoms with Crippen LogP contribution in [0, 0.1) is 0 Å². The van der Waals surface area contributed by atoms with Crippen molar-refractivity contribution < 1.29 is 14.7 Å². The van der Waals surface area contributed by atoms with E-state index in [-0.39, 0.29) is 0 Å². The Morgan fingerprint density at radius 3 is 2.73 bits per heavy atom. The molecule has 0 aromatic heterocycles. The Morgan fingerprint density at radius 2 is 2.13 bits per heavy atom. The molecule has 1 N–H and O–H groups in total. The lowest BCUT2D eigenvalue weighted by Gasteiger charge is -2.10. The maximum atomic E-state index is 10.9. The first-order valence-electron chi connectivity index (χ1n) is 4.62. The van der Waals surface area contributed by atoms with Gasteiger partial charge in [-0.25, -0.2) is 9.86 Å². The van der Waals surface area contributed by atoms with E-state index in [0.717, 1.165) is 11.1 Å². The number of carbonyl (C=O) groups is 1. The Bertz CT molecular complexity index is 335. The van der Waals surface area contributed by atoms with Crippen LogP contribution in [0.2, 0.25) is 0 Å². The number of benzene rings is 1. The standard InChI is InChI=1S/C11H13NO3/c1-2-15-11(13)8-9-12(14)10-6-4-3-5-7-10/h3-9,14H,2H2,1H3. The molecule has 0 bridgehead atoms. The van der Waals surface area contributed by atoms with Crippen LogP contribution < -0.4 is 5.06 Å². The van der Waals surface area contributed by atoms with Crippen molar-refractivity contribution in [1.82, 2.24) is 0 Å². The summed E-state index contributed by atoms with van der Waals surface area (Å²) in [5.41, 5.74) is 0.582. The zero-order chi connectivity index (χ0) is 11.1. The van der Waals surface area contributed by atoms with Crippen LogP contribution in [-0.2, 0) is 9.53 Å². The molecule has 0 unspecified atom stereocenters. The Morgan fingerprint density at radius 1 is 1.47 bits per heavy atom. The van der Waals surface area contributed by atoms with Gasteiger partial charge in [-0.15, -0.1) is 0 Å². The number of esters is 1. The van der Waals surface area contributed by atoms with Crippen molar-refractivity contribution in [2.24, 2.45) is 0 Å². The number of hydroxylamine groups is 1. The predicted molar refractivity (Wildman–Crippen MR) is 56.5 cm³/mol. The molecule has 80 valence electrons. The lowest BCUT2D eigenvalue weighted by Crippen LogP contribution is -2.10. The van der Waals surface area contributed by atoms with Crippen LogP contribution in [0.15, 0.2) is 42.6 Å². The molecule has 4 nitrogen and oxygen atoms in total. The van der Waals surface area contributed by atoms with Gasteiger partial charge in [0.2, 0.25) is 0 Å². The summed E-state index contributed by atoms with van der Waals surface area (Å²) in [6.07, 6.45) is 2.41. The van der Waals surface area contributed by atoms with Crippen molar-refractivity contribution in [3.63, 3.8) is 0 Å². The van der Waals surface area contributed by atoms with Crippen LogP contribution in [0.1, 0.15) is 6.92 Å². The Kier molecular flexibility index (Phi) is 4.37. The monoisotopic (exact) mass is 207 g/mol. The summed E-state index contributed by atoms with van der Waals surface area (Å²) >= 11 is 0. The Hall–Kier alpha value is -1.81. The number of nitrogens with zero attached hydrogens (tertiary/aromatic N) is 1. The molecule has 0 aliphatic rings. The summed E-state index contributed by atoms with van der Waals surface area (Å²) in [4.78, 5) is 10.9. The van der Waals surface area contributed by atoms with Crippen molar-refractivity contribution >= 4 is 11.7 Å². The minimum Gasteiger partial charge on any atom is -0.463 e. The van der Waals surface area contributed by atoms with Crippen LogP contribution in [0.25, 0.3) is 0 Å². The van der Waals surface area contributed by atoms with E-state index in [2.05, 4.69) is 4.74 Å². The highest BCUT2D eigenvalue weighted by Gasteiger charge is 1.98. The number of para-hydroxylation sites is 1. The number of ether oxygens (including phenoxy) is 1. The SMILES string of the molecule is CCOC(=O)C=CN(O)c1ccccc1. The van der Waals surface area contributed by atoms with Gasteiger partial charge in [-0.05, 0) is 19.1 Å². The maximum Gasteiger partial charge on any atom is 0.332 e. The summed E-state index contributed by atoms with van der Waals surface area (Å²) in [5, 5.41) is 10.3. The van der Waals surface area contributed by atoms with Gasteiger partial charge in [0.05, 0.1) is 12.3 Å². The smallest absolute Gasteiger partial charge is 0.332 e. The fraction of sp³-hybridized carbons (Fsp3) is 0.182. The summed E-state index contributed by atoms with van der Waals surface area (Å²) < 4.78 is 4.66. The molecule has 0 amide bonds. The highest BCUT2D eigenvalue weighted by atomic mass is 16.5. The number of rotatable bonds is 4. The van der Waals surface area contributed by atoms with Crippen LogP contribution >= 0.6 is 0 Å². The van der Waals surface area contributed by atoms with E-state index in [1.807, 2.05) is 6.07 Å². The second kappa shape index (κ2) is 5.82. The lowest BCUT2D eigenvalue weighted by atomic mass is 10.3. The van der Waals surface area contributed by atoms with Crippen molar-refractivity contribution in [3.05, 3.63) is 42.6 Å². The molecule has 0 spiro atoms. The first kappa shape index (κ1) is 11.3. The Balaban J connectivity index is 2.56. The fourth-order valence-corrected chi connectivity index (χ4v) is 0.989. The molecule has 0 saturated heterocycles. The molecule has 0 atom stereocenters. The minimum absolute atomic E-state index is 0.319. The summed E-state index contributed by atoms with van der Waals surface area (Å²) in [6.45, 7) is 2.04.